The van der Waals surface area contributed by atoms with Gasteiger partial charge in [-0.05, 0) is 55.5 Å². The molecule has 0 aliphatic rings. The monoisotopic (exact) mass is 452 g/mol. The molecule has 1 aromatic carbocycles. The van der Waals surface area contributed by atoms with E-state index in [0.717, 1.165) is 17.6 Å². The molecule has 0 fully saturated rings. The fourth-order valence-electron chi connectivity index (χ4n) is 2.87. The Morgan fingerprint density at radius 1 is 1.24 bits per heavy atom. The van der Waals surface area contributed by atoms with Crippen LogP contribution in [-0.4, -0.2) is 18.5 Å². The number of nitriles is 1. The maximum Gasteiger partial charge on any atom is 0.0991 e. The molecule has 0 aliphatic carbocycles. The largest absolute Gasteiger partial charge is 0.306 e. The summed E-state index contributed by atoms with van der Waals surface area (Å²) in [7, 11) is 0. The molecule has 0 aliphatic heterocycles. The van der Waals surface area contributed by atoms with E-state index in [2.05, 4.69) is 54.7 Å². The van der Waals surface area contributed by atoms with Crippen molar-refractivity contribution in [2.45, 2.75) is 34.1 Å². The quantitative estimate of drug-likeness (QED) is 0.148. The lowest BCUT2D eigenvalue weighted by Crippen LogP contribution is -2.10. The molecule has 0 spiro atoms. The second-order valence-corrected chi connectivity index (χ2v) is 7.50. The van der Waals surface area contributed by atoms with E-state index in [9.17, 15) is 0 Å². The highest BCUT2D eigenvalue weighted by atomic mass is 15.3. The topological polar surface area (TPSA) is 60.5 Å². The lowest BCUT2D eigenvalue weighted by molar-refractivity contribution is 0.679. The molecular formula is C30H36N4. The van der Waals surface area contributed by atoms with Gasteiger partial charge in [0.1, 0.15) is 0 Å². The molecule has 0 amide bonds. The summed E-state index contributed by atoms with van der Waals surface area (Å²) in [5, 5.41) is 13.7. The van der Waals surface area contributed by atoms with Gasteiger partial charge in [0.2, 0.25) is 0 Å². The average molecular weight is 453 g/mol. The van der Waals surface area contributed by atoms with Gasteiger partial charge in [0.25, 0.3) is 0 Å². The number of hydrogen-bond acceptors (Lipinski definition) is 4. The van der Waals surface area contributed by atoms with Crippen molar-refractivity contribution in [2.75, 3.05) is 6.54 Å². The van der Waals surface area contributed by atoms with Crippen LogP contribution in [0.1, 0.15) is 45.2 Å². The number of nitrogens with one attached hydrogen (secondary N) is 1. The molecule has 0 radical (unpaired) electrons. The Kier molecular flexibility index (Phi) is 13.7. The summed E-state index contributed by atoms with van der Waals surface area (Å²) in [5.74, 6) is 0.459. The van der Waals surface area contributed by atoms with Crippen LogP contribution in [-0.2, 0) is 0 Å². The predicted octanol–water partition coefficient (Wildman–Crippen LogP) is 7.23. The standard InChI is InChI=1S/C30H36N4/c1-7-11-16-28(25(6)32-23-27(10-4)24(5)9-3)18-14-20-33-34-30(19-12-8-2)29-17-13-15-26(21-29)22-31/h7-8,10-19,21,23-24,33H,2,6,9,20H2,1,3-5H3/b11-7-,18-14+,19-12-,27-10+,28-16+,32-23-,34-30+. The normalized spacial score (nSPS) is 14.3. The van der Waals surface area contributed by atoms with Gasteiger partial charge in [0, 0.05) is 11.8 Å². The summed E-state index contributed by atoms with van der Waals surface area (Å²) in [6.07, 6.45) is 20.3. The minimum atomic E-state index is 0.459. The molecule has 4 heteroatoms. The zero-order chi connectivity index (χ0) is 25.2. The Bertz CT molecular complexity index is 1070. The van der Waals surface area contributed by atoms with Crippen LogP contribution in [0.5, 0.6) is 0 Å². The minimum absolute atomic E-state index is 0.459. The molecule has 0 bridgehead atoms. The van der Waals surface area contributed by atoms with Crippen molar-refractivity contribution in [3.05, 3.63) is 120 Å². The number of hydrazone groups is 1. The Balaban J connectivity index is 2.96. The molecule has 4 nitrogen and oxygen atoms in total. The Morgan fingerprint density at radius 2 is 2.03 bits per heavy atom. The first kappa shape index (κ1) is 28.1. The summed E-state index contributed by atoms with van der Waals surface area (Å²) >= 11 is 0. The van der Waals surface area contributed by atoms with E-state index in [-0.39, 0.29) is 0 Å². The maximum absolute atomic E-state index is 9.17. The number of nitrogens with zero attached hydrogens (tertiary/aromatic N) is 3. The maximum atomic E-state index is 9.17. The number of aliphatic imine (C=N–C) groups is 1. The average Bonchev–Trinajstić information content (AvgIpc) is 2.87. The van der Waals surface area contributed by atoms with Crippen LogP contribution in [0.25, 0.3) is 0 Å². The van der Waals surface area contributed by atoms with E-state index >= 15 is 0 Å². The van der Waals surface area contributed by atoms with Gasteiger partial charge in [0.15, 0.2) is 0 Å². The first-order chi connectivity index (χ1) is 16.5. The highest BCUT2D eigenvalue weighted by molar-refractivity contribution is 6.08. The summed E-state index contributed by atoms with van der Waals surface area (Å²) in [5.41, 5.74) is 8.05. The van der Waals surface area contributed by atoms with Gasteiger partial charge in [-0.25, -0.2) is 0 Å². The Morgan fingerprint density at radius 3 is 2.68 bits per heavy atom. The molecule has 1 aromatic rings. The van der Waals surface area contributed by atoms with E-state index < -0.39 is 0 Å². The molecule has 1 N–H and O–H groups in total. The van der Waals surface area contributed by atoms with Crippen LogP contribution in [0, 0.1) is 17.2 Å². The lowest BCUT2D eigenvalue weighted by Gasteiger charge is -2.09. The molecule has 1 rings (SSSR count). The predicted molar refractivity (Wildman–Crippen MR) is 148 cm³/mol. The van der Waals surface area contributed by atoms with Gasteiger partial charge in [0.05, 0.1) is 29.6 Å². The molecule has 0 aromatic heterocycles. The summed E-state index contributed by atoms with van der Waals surface area (Å²) in [4.78, 5) is 4.60. The Hall–Kier alpha value is -3.97. The van der Waals surface area contributed by atoms with Crippen molar-refractivity contribution >= 4 is 11.9 Å². The number of allylic oxidation sites excluding steroid dienone is 9. The number of benzene rings is 1. The molecule has 34 heavy (non-hydrogen) atoms. The zero-order valence-electron chi connectivity index (χ0n) is 20.8. The Labute approximate surface area is 205 Å². The highest BCUT2D eigenvalue weighted by Gasteiger charge is 2.04. The SMILES string of the molecule is C=C/C=C\C(=N/NC/C=C/C(=C\C=C/C)C(=C)/N=C\C(=C/C)C(C)CC)c1cccc(C#N)c1. The summed E-state index contributed by atoms with van der Waals surface area (Å²) in [6.45, 7) is 16.8. The van der Waals surface area contributed by atoms with Crippen LogP contribution in [0.2, 0.25) is 0 Å². The number of rotatable bonds is 13. The fraction of sp³-hybridized carbons (Fsp3) is 0.233. The van der Waals surface area contributed by atoms with Crippen LogP contribution < -0.4 is 5.43 Å². The third-order valence-corrected chi connectivity index (χ3v) is 5.07. The first-order valence-electron chi connectivity index (χ1n) is 11.5. The smallest absolute Gasteiger partial charge is 0.0991 e. The van der Waals surface area contributed by atoms with Crippen LogP contribution in [0.4, 0.5) is 0 Å². The van der Waals surface area contributed by atoms with Crippen molar-refractivity contribution in [3.63, 3.8) is 0 Å². The van der Waals surface area contributed by atoms with Gasteiger partial charge in [-0.3, -0.25) is 4.99 Å². The van der Waals surface area contributed by atoms with Crippen LogP contribution in [0.15, 0.2) is 119 Å². The third-order valence-electron chi connectivity index (χ3n) is 5.07. The van der Waals surface area contributed by atoms with Crippen LogP contribution in [0.3, 0.4) is 0 Å². The van der Waals surface area contributed by atoms with E-state index in [1.807, 2.05) is 80.8 Å². The lowest BCUT2D eigenvalue weighted by atomic mass is 9.99. The van der Waals surface area contributed by atoms with E-state index in [4.69, 9.17) is 5.26 Å². The second-order valence-electron chi connectivity index (χ2n) is 7.50. The van der Waals surface area contributed by atoms with Gasteiger partial charge in [-0.2, -0.15) is 10.4 Å². The van der Waals surface area contributed by atoms with Crippen molar-refractivity contribution in [1.82, 2.24) is 5.43 Å². The van der Waals surface area contributed by atoms with E-state index in [1.54, 1.807) is 12.1 Å². The summed E-state index contributed by atoms with van der Waals surface area (Å²) < 4.78 is 0. The van der Waals surface area contributed by atoms with Crippen molar-refractivity contribution in [3.8, 4) is 6.07 Å². The van der Waals surface area contributed by atoms with Crippen molar-refractivity contribution in [1.29, 1.82) is 5.26 Å². The molecule has 0 heterocycles. The van der Waals surface area contributed by atoms with Gasteiger partial charge >= 0.3 is 0 Å². The van der Waals surface area contributed by atoms with Crippen molar-refractivity contribution < 1.29 is 0 Å². The van der Waals surface area contributed by atoms with Crippen LogP contribution >= 0.6 is 0 Å². The summed E-state index contributed by atoms with van der Waals surface area (Å²) in [6, 6.07) is 9.50. The number of hydrogen-bond donors (Lipinski definition) is 1. The highest BCUT2D eigenvalue weighted by Crippen LogP contribution is 2.16. The first-order valence-corrected chi connectivity index (χ1v) is 11.5. The third kappa shape index (κ3) is 10.1. The molecule has 0 saturated carbocycles. The van der Waals surface area contributed by atoms with E-state index in [0.29, 0.717) is 29.4 Å². The second kappa shape index (κ2) is 16.6. The fourth-order valence-corrected chi connectivity index (χ4v) is 2.87. The molecule has 0 saturated heterocycles. The van der Waals surface area contributed by atoms with Gasteiger partial charge < -0.3 is 5.43 Å². The molecule has 1 atom stereocenters. The molecule has 1 unspecified atom stereocenters. The molecule has 176 valence electrons. The van der Waals surface area contributed by atoms with Gasteiger partial charge in [-0.1, -0.05) is 87.7 Å². The zero-order valence-corrected chi connectivity index (χ0v) is 20.8. The van der Waals surface area contributed by atoms with Crippen molar-refractivity contribution in [2.24, 2.45) is 16.0 Å². The minimum Gasteiger partial charge on any atom is -0.306 e. The van der Waals surface area contributed by atoms with Gasteiger partial charge in [-0.15, -0.1) is 0 Å². The van der Waals surface area contributed by atoms with E-state index in [1.165, 1.54) is 5.57 Å². The molecular weight excluding hydrogens is 416 g/mol.